The topological polar surface area (TPSA) is 65.2 Å². The second-order valence-corrected chi connectivity index (χ2v) is 6.42. The smallest absolute Gasteiger partial charge is 0.357 e. The summed E-state index contributed by atoms with van der Waals surface area (Å²) < 4.78 is 5.58. The minimum Gasteiger partial charge on any atom is -0.458 e. The molecule has 2 rings (SSSR count). The summed E-state index contributed by atoms with van der Waals surface area (Å²) in [6.07, 6.45) is 4.50. The molecule has 1 fully saturated rings. The van der Waals surface area contributed by atoms with E-state index in [4.69, 9.17) is 10.5 Å². The molecule has 1 heterocycles. The van der Waals surface area contributed by atoms with Gasteiger partial charge in [-0.3, -0.25) is 0 Å². The quantitative estimate of drug-likeness (QED) is 0.832. The molecule has 0 aliphatic heterocycles. The van der Waals surface area contributed by atoms with Gasteiger partial charge in [0.2, 0.25) is 0 Å². The molecule has 2 N–H and O–H groups in total. The Hall–Kier alpha value is -1.58. The molecule has 1 aliphatic carbocycles. The van der Waals surface area contributed by atoms with E-state index in [9.17, 15) is 4.79 Å². The van der Waals surface area contributed by atoms with Crippen molar-refractivity contribution in [3.63, 3.8) is 0 Å². The molecule has 4 heteroatoms. The first-order valence-electron chi connectivity index (χ1n) is 6.78. The van der Waals surface area contributed by atoms with Gasteiger partial charge in [0.25, 0.3) is 0 Å². The van der Waals surface area contributed by atoms with Gasteiger partial charge in [-0.25, -0.2) is 9.78 Å². The zero-order chi connectivity index (χ0) is 14.0. The molecule has 0 radical (unpaired) electrons. The lowest BCUT2D eigenvalue weighted by atomic mass is 9.71. The van der Waals surface area contributed by atoms with E-state index >= 15 is 0 Å². The molecule has 19 heavy (non-hydrogen) atoms. The van der Waals surface area contributed by atoms with Gasteiger partial charge in [0.15, 0.2) is 0 Å². The highest BCUT2D eigenvalue weighted by atomic mass is 16.5. The van der Waals surface area contributed by atoms with Crippen LogP contribution >= 0.6 is 0 Å². The van der Waals surface area contributed by atoms with Crippen molar-refractivity contribution in [3.05, 3.63) is 24.0 Å². The predicted octanol–water partition coefficient (Wildman–Crippen LogP) is 3.04. The van der Waals surface area contributed by atoms with Gasteiger partial charge in [-0.05, 0) is 42.7 Å². The second-order valence-electron chi connectivity index (χ2n) is 6.42. The van der Waals surface area contributed by atoms with Crippen LogP contribution in [0.2, 0.25) is 0 Å². The number of hydrogen-bond acceptors (Lipinski definition) is 4. The van der Waals surface area contributed by atoms with Crippen molar-refractivity contribution >= 4 is 11.7 Å². The van der Waals surface area contributed by atoms with Crippen LogP contribution in [0.5, 0.6) is 0 Å². The van der Waals surface area contributed by atoms with Crippen LogP contribution in [0.25, 0.3) is 0 Å². The van der Waals surface area contributed by atoms with Gasteiger partial charge in [0.1, 0.15) is 11.8 Å². The average molecular weight is 262 g/mol. The van der Waals surface area contributed by atoms with Gasteiger partial charge in [-0.1, -0.05) is 20.8 Å². The molecule has 0 spiro atoms. The number of carbonyl (C=O) groups is 1. The maximum atomic E-state index is 12.0. The van der Waals surface area contributed by atoms with Crippen LogP contribution < -0.4 is 5.73 Å². The van der Waals surface area contributed by atoms with Gasteiger partial charge in [-0.15, -0.1) is 0 Å². The highest BCUT2D eigenvalue weighted by Crippen LogP contribution is 2.39. The summed E-state index contributed by atoms with van der Waals surface area (Å²) in [6, 6.07) is 3.27. The number of anilines is 1. The largest absolute Gasteiger partial charge is 0.458 e. The molecule has 0 amide bonds. The Morgan fingerprint density at radius 1 is 1.42 bits per heavy atom. The maximum Gasteiger partial charge on any atom is 0.357 e. The molecule has 0 bridgehead atoms. The first-order valence-corrected chi connectivity index (χ1v) is 6.78. The Labute approximate surface area is 114 Å². The summed E-state index contributed by atoms with van der Waals surface area (Å²) in [5.74, 6) is 0.232. The summed E-state index contributed by atoms with van der Waals surface area (Å²) in [4.78, 5) is 16.0. The maximum absolute atomic E-state index is 12.0. The van der Waals surface area contributed by atoms with Crippen LogP contribution in [0.1, 0.15) is 50.5 Å². The number of ether oxygens (including phenoxy) is 1. The molecule has 0 aromatic carbocycles. The number of rotatable bonds is 2. The van der Waals surface area contributed by atoms with Gasteiger partial charge in [0.05, 0.1) is 11.9 Å². The van der Waals surface area contributed by atoms with Crippen LogP contribution in [0, 0.1) is 11.3 Å². The van der Waals surface area contributed by atoms with Crippen molar-refractivity contribution in [2.75, 3.05) is 5.73 Å². The van der Waals surface area contributed by atoms with Crippen molar-refractivity contribution < 1.29 is 9.53 Å². The van der Waals surface area contributed by atoms with E-state index in [1.165, 1.54) is 12.6 Å². The van der Waals surface area contributed by atoms with Crippen LogP contribution in [0.3, 0.4) is 0 Å². The Kier molecular flexibility index (Phi) is 3.78. The molecule has 1 aromatic rings. The van der Waals surface area contributed by atoms with Crippen molar-refractivity contribution in [2.24, 2.45) is 11.3 Å². The molecule has 2 atom stereocenters. The Morgan fingerprint density at radius 2 is 2.16 bits per heavy atom. The van der Waals surface area contributed by atoms with Crippen LogP contribution in [-0.4, -0.2) is 17.1 Å². The number of hydrogen-bond donors (Lipinski definition) is 1. The minimum atomic E-state index is -0.352. The predicted molar refractivity (Wildman–Crippen MR) is 74.6 cm³/mol. The van der Waals surface area contributed by atoms with Gasteiger partial charge in [0, 0.05) is 0 Å². The first kappa shape index (κ1) is 13.8. The summed E-state index contributed by atoms with van der Waals surface area (Å²) >= 11 is 0. The summed E-state index contributed by atoms with van der Waals surface area (Å²) in [5, 5.41) is 0. The highest BCUT2D eigenvalue weighted by molar-refractivity contribution is 5.87. The third-order valence-corrected chi connectivity index (χ3v) is 3.62. The molecule has 4 nitrogen and oxygen atoms in total. The van der Waals surface area contributed by atoms with Crippen LogP contribution in [0.4, 0.5) is 5.69 Å². The first-order chi connectivity index (χ1) is 8.85. The van der Waals surface area contributed by atoms with E-state index in [2.05, 4.69) is 25.8 Å². The fourth-order valence-electron chi connectivity index (χ4n) is 3.09. The minimum absolute atomic E-state index is 0.00870. The lowest BCUT2D eigenvalue weighted by molar-refractivity contribution is -0.00765. The molecule has 1 aromatic heterocycles. The van der Waals surface area contributed by atoms with E-state index in [1.807, 2.05) is 0 Å². The Balaban J connectivity index is 2.00. The van der Waals surface area contributed by atoms with E-state index in [-0.39, 0.29) is 17.5 Å². The number of carbonyl (C=O) groups excluding carboxylic acids is 1. The van der Waals surface area contributed by atoms with E-state index in [0.717, 1.165) is 12.8 Å². The molecule has 2 unspecified atom stereocenters. The molecular weight excluding hydrogens is 240 g/mol. The highest BCUT2D eigenvalue weighted by Gasteiger charge is 2.34. The normalized spacial score (nSPS) is 25.8. The standard InChI is InChI=1S/C15H22N2O2/c1-10-6-12(8-15(2,3)7-10)19-14(18)13-5-4-11(16)9-17-13/h4-5,9-10,12H,6-8,16H2,1-3H3. The number of nitrogen functional groups attached to an aromatic ring is 1. The van der Waals surface area contributed by atoms with Crippen molar-refractivity contribution in [3.8, 4) is 0 Å². The number of esters is 1. The molecule has 1 saturated carbocycles. The van der Waals surface area contributed by atoms with Gasteiger partial charge in [-0.2, -0.15) is 0 Å². The second kappa shape index (κ2) is 5.19. The monoisotopic (exact) mass is 262 g/mol. The lowest BCUT2D eigenvalue weighted by Gasteiger charge is -2.38. The zero-order valence-corrected chi connectivity index (χ0v) is 11.8. The van der Waals surface area contributed by atoms with Crippen LogP contribution in [-0.2, 0) is 4.74 Å². The zero-order valence-electron chi connectivity index (χ0n) is 11.8. The van der Waals surface area contributed by atoms with E-state index < -0.39 is 0 Å². The van der Waals surface area contributed by atoms with E-state index in [1.54, 1.807) is 12.1 Å². The number of nitrogens with zero attached hydrogens (tertiary/aromatic N) is 1. The third-order valence-electron chi connectivity index (χ3n) is 3.62. The molecule has 0 saturated heterocycles. The number of pyridine rings is 1. The number of aromatic nitrogens is 1. The SMILES string of the molecule is CC1CC(OC(=O)c2ccc(N)cn2)CC(C)(C)C1. The fraction of sp³-hybridized carbons (Fsp3) is 0.600. The fourth-order valence-corrected chi connectivity index (χ4v) is 3.09. The average Bonchev–Trinajstić information content (AvgIpc) is 2.26. The van der Waals surface area contributed by atoms with Crippen LogP contribution in [0.15, 0.2) is 18.3 Å². The lowest BCUT2D eigenvalue weighted by Crippen LogP contribution is -2.34. The summed E-state index contributed by atoms with van der Waals surface area (Å²) in [5.41, 5.74) is 6.65. The van der Waals surface area contributed by atoms with Crippen molar-refractivity contribution in [2.45, 2.75) is 46.1 Å². The Bertz CT molecular complexity index is 454. The Morgan fingerprint density at radius 3 is 2.74 bits per heavy atom. The third kappa shape index (κ3) is 3.69. The van der Waals surface area contributed by atoms with Gasteiger partial charge >= 0.3 is 5.97 Å². The van der Waals surface area contributed by atoms with Crippen molar-refractivity contribution in [1.82, 2.24) is 4.98 Å². The van der Waals surface area contributed by atoms with Crippen molar-refractivity contribution in [1.29, 1.82) is 0 Å². The van der Waals surface area contributed by atoms with E-state index in [0.29, 0.717) is 17.3 Å². The summed E-state index contributed by atoms with van der Waals surface area (Å²) in [6.45, 7) is 6.67. The molecule has 1 aliphatic rings. The number of nitrogens with two attached hydrogens (primary N) is 1. The van der Waals surface area contributed by atoms with Gasteiger partial charge < -0.3 is 10.5 Å². The molecular formula is C15H22N2O2. The molecule has 104 valence electrons. The summed E-state index contributed by atoms with van der Waals surface area (Å²) in [7, 11) is 0.